The predicted octanol–water partition coefficient (Wildman–Crippen LogP) is 3.96. The Bertz CT molecular complexity index is 750. The SMILES string of the molecule is Cc1ccc(S(=O)c2ccccc2C2=N[C@@H](C(C)C)CO2)cc1. The predicted molar refractivity (Wildman–Crippen MR) is 93.4 cm³/mol. The summed E-state index contributed by atoms with van der Waals surface area (Å²) in [4.78, 5) is 6.21. The van der Waals surface area contributed by atoms with Crippen molar-refractivity contribution in [2.75, 3.05) is 6.61 Å². The number of hydrogen-bond acceptors (Lipinski definition) is 3. The van der Waals surface area contributed by atoms with Crippen molar-refractivity contribution in [3.8, 4) is 0 Å². The van der Waals surface area contributed by atoms with Crippen molar-refractivity contribution >= 4 is 16.7 Å². The fraction of sp³-hybridized carbons (Fsp3) is 0.316. The van der Waals surface area contributed by atoms with Gasteiger partial charge in [-0.15, -0.1) is 0 Å². The first-order valence-electron chi connectivity index (χ1n) is 7.84. The molecule has 3 rings (SSSR count). The Morgan fingerprint density at radius 2 is 1.83 bits per heavy atom. The number of aryl methyl sites for hydroxylation is 1. The van der Waals surface area contributed by atoms with Gasteiger partial charge < -0.3 is 4.74 Å². The summed E-state index contributed by atoms with van der Waals surface area (Å²) in [6.45, 7) is 6.89. The minimum absolute atomic E-state index is 0.172. The van der Waals surface area contributed by atoms with Crippen molar-refractivity contribution in [1.82, 2.24) is 0 Å². The van der Waals surface area contributed by atoms with Crippen LogP contribution in [0.3, 0.4) is 0 Å². The van der Waals surface area contributed by atoms with Crippen LogP contribution in [0.1, 0.15) is 25.0 Å². The van der Waals surface area contributed by atoms with Crippen molar-refractivity contribution < 1.29 is 8.95 Å². The van der Waals surface area contributed by atoms with Crippen LogP contribution in [0, 0.1) is 12.8 Å². The van der Waals surface area contributed by atoms with Gasteiger partial charge in [0, 0.05) is 4.90 Å². The number of benzene rings is 2. The Morgan fingerprint density at radius 3 is 2.48 bits per heavy atom. The van der Waals surface area contributed by atoms with E-state index in [9.17, 15) is 4.21 Å². The fourth-order valence-electron chi connectivity index (χ4n) is 2.47. The average Bonchev–Trinajstić information content (AvgIpc) is 3.05. The highest BCUT2D eigenvalue weighted by Crippen LogP contribution is 2.25. The molecule has 0 aliphatic carbocycles. The van der Waals surface area contributed by atoms with E-state index in [1.807, 2.05) is 55.5 Å². The molecule has 4 heteroatoms. The van der Waals surface area contributed by atoms with E-state index in [0.717, 1.165) is 20.9 Å². The maximum atomic E-state index is 13.0. The summed E-state index contributed by atoms with van der Waals surface area (Å²) in [7, 11) is -1.25. The molecule has 2 aromatic carbocycles. The fourth-order valence-corrected chi connectivity index (χ4v) is 3.67. The second kappa shape index (κ2) is 6.67. The molecule has 0 amide bonds. The van der Waals surface area contributed by atoms with E-state index >= 15 is 0 Å². The Labute approximate surface area is 139 Å². The second-order valence-corrected chi connectivity index (χ2v) is 7.58. The lowest BCUT2D eigenvalue weighted by Gasteiger charge is -2.09. The van der Waals surface area contributed by atoms with Crippen molar-refractivity contribution in [2.45, 2.75) is 36.6 Å². The van der Waals surface area contributed by atoms with Gasteiger partial charge in [-0.25, -0.2) is 9.20 Å². The molecule has 1 heterocycles. The van der Waals surface area contributed by atoms with Gasteiger partial charge in [-0.3, -0.25) is 0 Å². The summed E-state index contributed by atoms with van der Waals surface area (Å²) in [6, 6.07) is 15.6. The minimum atomic E-state index is -1.25. The Balaban J connectivity index is 1.97. The highest BCUT2D eigenvalue weighted by Gasteiger charge is 2.25. The molecular weight excluding hydrogens is 306 g/mol. The van der Waals surface area contributed by atoms with Crippen LogP contribution in [0.2, 0.25) is 0 Å². The number of rotatable bonds is 4. The van der Waals surface area contributed by atoms with Crippen LogP contribution >= 0.6 is 0 Å². The topological polar surface area (TPSA) is 38.7 Å². The van der Waals surface area contributed by atoms with Gasteiger partial charge >= 0.3 is 0 Å². The van der Waals surface area contributed by atoms with Gasteiger partial charge in [-0.05, 0) is 37.1 Å². The Morgan fingerprint density at radius 1 is 1.13 bits per heavy atom. The van der Waals surface area contributed by atoms with E-state index in [1.54, 1.807) is 0 Å². The van der Waals surface area contributed by atoms with Gasteiger partial charge in [0.25, 0.3) is 0 Å². The van der Waals surface area contributed by atoms with Crippen LogP contribution in [0.15, 0.2) is 63.3 Å². The molecule has 120 valence electrons. The quantitative estimate of drug-likeness (QED) is 0.852. The van der Waals surface area contributed by atoms with E-state index in [4.69, 9.17) is 4.74 Å². The lowest BCUT2D eigenvalue weighted by atomic mass is 10.1. The van der Waals surface area contributed by atoms with E-state index in [1.165, 1.54) is 0 Å². The van der Waals surface area contributed by atoms with E-state index in [0.29, 0.717) is 18.4 Å². The van der Waals surface area contributed by atoms with E-state index < -0.39 is 10.8 Å². The van der Waals surface area contributed by atoms with Gasteiger partial charge in [0.1, 0.15) is 6.61 Å². The smallest absolute Gasteiger partial charge is 0.217 e. The molecule has 0 bridgehead atoms. The molecule has 0 saturated heterocycles. The Kier molecular flexibility index (Phi) is 4.62. The van der Waals surface area contributed by atoms with Crippen molar-refractivity contribution in [3.05, 3.63) is 59.7 Å². The molecule has 0 spiro atoms. The summed E-state index contributed by atoms with van der Waals surface area (Å²) in [6.07, 6.45) is 0. The first kappa shape index (κ1) is 15.9. The lowest BCUT2D eigenvalue weighted by Crippen LogP contribution is -2.13. The number of aliphatic imine (C=N–C) groups is 1. The van der Waals surface area contributed by atoms with Crippen molar-refractivity contribution in [1.29, 1.82) is 0 Å². The Hall–Kier alpha value is -1.94. The van der Waals surface area contributed by atoms with Gasteiger partial charge in [-0.2, -0.15) is 0 Å². The first-order chi connectivity index (χ1) is 11.1. The lowest BCUT2D eigenvalue weighted by molar-refractivity contribution is 0.291. The third-order valence-electron chi connectivity index (χ3n) is 4.00. The molecule has 2 atom stereocenters. The zero-order chi connectivity index (χ0) is 16.4. The second-order valence-electron chi connectivity index (χ2n) is 6.13. The molecule has 0 N–H and O–H groups in total. The van der Waals surface area contributed by atoms with Gasteiger partial charge in [0.15, 0.2) is 0 Å². The minimum Gasteiger partial charge on any atom is -0.475 e. The molecule has 1 aliphatic rings. The average molecular weight is 327 g/mol. The van der Waals surface area contributed by atoms with Crippen molar-refractivity contribution in [2.24, 2.45) is 10.9 Å². The molecule has 0 aromatic heterocycles. The zero-order valence-corrected chi connectivity index (χ0v) is 14.5. The molecule has 2 aromatic rings. The number of ether oxygens (including phenoxy) is 1. The highest BCUT2D eigenvalue weighted by molar-refractivity contribution is 7.85. The molecule has 0 fully saturated rings. The van der Waals surface area contributed by atoms with Crippen LogP contribution in [0.5, 0.6) is 0 Å². The van der Waals surface area contributed by atoms with Crippen LogP contribution in [0.25, 0.3) is 0 Å². The third-order valence-corrected chi connectivity index (χ3v) is 5.45. The molecule has 3 nitrogen and oxygen atoms in total. The third kappa shape index (κ3) is 3.37. The summed E-state index contributed by atoms with van der Waals surface area (Å²) >= 11 is 0. The summed E-state index contributed by atoms with van der Waals surface area (Å²) in [5.74, 6) is 1.04. The first-order valence-corrected chi connectivity index (χ1v) is 8.99. The maximum Gasteiger partial charge on any atom is 0.217 e. The van der Waals surface area contributed by atoms with E-state index in [-0.39, 0.29) is 6.04 Å². The standard InChI is InChI=1S/C19H21NO2S/c1-13(2)17-12-22-19(20-17)16-6-4-5-7-18(16)23(21)15-10-8-14(3)9-11-15/h4-11,13,17H,12H2,1-3H3/t17-,23?/m1/s1. The van der Waals surface area contributed by atoms with Crippen molar-refractivity contribution in [3.63, 3.8) is 0 Å². The molecule has 23 heavy (non-hydrogen) atoms. The van der Waals surface area contributed by atoms with Crippen LogP contribution < -0.4 is 0 Å². The molecule has 1 unspecified atom stereocenters. The zero-order valence-electron chi connectivity index (χ0n) is 13.7. The number of hydrogen-bond donors (Lipinski definition) is 0. The maximum absolute atomic E-state index is 13.0. The monoisotopic (exact) mass is 327 g/mol. The van der Waals surface area contributed by atoms with Gasteiger partial charge in [0.2, 0.25) is 5.90 Å². The van der Waals surface area contributed by atoms with Gasteiger partial charge in [-0.1, -0.05) is 43.7 Å². The van der Waals surface area contributed by atoms with Crippen LogP contribution in [0.4, 0.5) is 0 Å². The molecule has 1 aliphatic heterocycles. The molecule has 0 radical (unpaired) electrons. The van der Waals surface area contributed by atoms with E-state index in [2.05, 4.69) is 18.8 Å². The summed E-state index contributed by atoms with van der Waals surface area (Å²) < 4.78 is 18.7. The van der Waals surface area contributed by atoms with Crippen LogP contribution in [-0.4, -0.2) is 22.8 Å². The van der Waals surface area contributed by atoms with Gasteiger partial charge in [0.05, 0.1) is 27.3 Å². The summed E-state index contributed by atoms with van der Waals surface area (Å²) in [5.41, 5.74) is 1.98. The van der Waals surface area contributed by atoms with Crippen LogP contribution in [-0.2, 0) is 15.5 Å². The largest absolute Gasteiger partial charge is 0.475 e. The molecule has 0 saturated carbocycles. The summed E-state index contributed by atoms with van der Waals surface area (Å²) in [5, 5.41) is 0. The number of nitrogens with zero attached hydrogens (tertiary/aromatic N) is 1. The normalized spacial score (nSPS) is 18.6. The molecular formula is C19H21NO2S. The highest BCUT2D eigenvalue weighted by atomic mass is 32.2.